The normalized spacial score (nSPS) is 20.9. The molecular formula is C16H19N3O6S2. The van der Waals surface area contributed by atoms with Gasteiger partial charge in [0, 0.05) is 12.2 Å². The molecule has 1 unspecified atom stereocenters. The van der Waals surface area contributed by atoms with Crippen LogP contribution in [0.4, 0.5) is 0 Å². The highest BCUT2D eigenvalue weighted by molar-refractivity contribution is 7.91. The van der Waals surface area contributed by atoms with Crippen molar-refractivity contribution in [2.24, 2.45) is 0 Å². The van der Waals surface area contributed by atoms with Crippen LogP contribution in [-0.2, 0) is 19.9 Å². The minimum Gasteiger partial charge on any atom is -0.310 e. The summed E-state index contributed by atoms with van der Waals surface area (Å²) in [5.74, 6) is -0.514. The summed E-state index contributed by atoms with van der Waals surface area (Å²) in [5, 5.41) is 0. The zero-order valence-electron chi connectivity index (χ0n) is 14.5. The zero-order chi connectivity index (χ0) is 19.8. The number of nitrogens with one attached hydrogen (secondary N) is 2. The first-order valence-corrected chi connectivity index (χ1v) is 11.5. The molecule has 0 bridgehead atoms. The van der Waals surface area contributed by atoms with Gasteiger partial charge >= 0.3 is 5.69 Å². The average molecular weight is 413 g/mol. The van der Waals surface area contributed by atoms with E-state index >= 15 is 0 Å². The minimum absolute atomic E-state index is 0.0564. The predicted octanol–water partition coefficient (Wildman–Crippen LogP) is -0.0779. The van der Waals surface area contributed by atoms with E-state index in [2.05, 4.69) is 4.98 Å². The van der Waals surface area contributed by atoms with Crippen LogP contribution in [0.25, 0.3) is 0 Å². The van der Waals surface area contributed by atoms with Crippen molar-refractivity contribution in [3.63, 3.8) is 0 Å². The lowest BCUT2D eigenvalue weighted by Crippen LogP contribution is -2.41. The maximum atomic E-state index is 13.3. The van der Waals surface area contributed by atoms with Crippen LogP contribution in [0.1, 0.15) is 23.7 Å². The Bertz CT molecular complexity index is 1170. The summed E-state index contributed by atoms with van der Waals surface area (Å²) in [6, 6.07) is 7.46. The predicted molar refractivity (Wildman–Crippen MR) is 98.8 cm³/mol. The number of aryl methyl sites for hydroxylation is 1. The van der Waals surface area contributed by atoms with E-state index in [1.807, 2.05) is 4.98 Å². The molecule has 0 aliphatic carbocycles. The van der Waals surface area contributed by atoms with Gasteiger partial charge in [-0.05, 0) is 18.9 Å². The number of rotatable bonds is 3. The molecule has 0 saturated carbocycles. The zero-order valence-corrected chi connectivity index (χ0v) is 16.1. The molecule has 1 fully saturated rings. The first kappa shape index (κ1) is 19.5. The SMILES string of the molecule is Cc1[nH]c(=O)[nH]c(=O)c1S(=O)(=O)N1CCCS(=O)(=O)CC1c1ccccc1. The Kier molecular flexibility index (Phi) is 5.10. The number of nitrogens with zero attached hydrogens (tertiary/aromatic N) is 1. The number of H-pyrrole nitrogens is 2. The monoisotopic (exact) mass is 413 g/mol. The molecule has 1 aliphatic rings. The molecule has 27 heavy (non-hydrogen) atoms. The molecular weight excluding hydrogens is 394 g/mol. The average Bonchev–Trinajstić information content (AvgIpc) is 2.73. The Balaban J connectivity index is 2.20. The van der Waals surface area contributed by atoms with Crippen LogP contribution in [0.15, 0.2) is 44.8 Å². The number of sulfonamides is 1. The molecule has 1 aromatic heterocycles. The van der Waals surface area contributed by atoms with E-state index in [9.17, 15) is 26.4 Å². The van der Waals surface area contributed by atoms with Gasteiger partial charge in [-0.3, -0.25) is 9.78 Å². The van der Waals surface area contributed by atoms with E-state index in [-0.39, 0.29) is 30.2 Å². The Morgan fingerprint density at radius 2 is 1.78 bits per heavy atom. The molecule has 11 heteroatoms. The van der Waals surface area contributed by atoms with Crippen molar-refractivity contribution in [1.82, 2.24) is 14.3 Å². The summed E-state index contributed by atoms with van der Waals surface area (Å²) in [5.41, 5.74) is -1.42. The third-order valence-electron chi connectivity index (χ3n) is 4.42. The van der Waals surface area contributed by atoms with Gasteiger partial charge in [0.05, 0.1) is 17.5 Å². The number of hydrogen-bond donors (Lipinski definition) is 2. The number of aromatic nitrogens is 2. The van der Waals surface area contributed by atoms with Crippen LogP contribution in [0.3, 0.4) is 0 Å². The molecule has 2 heterocycles. The molecule has 1 saturated heterocycles. The highest BCUT2D eigenvalue weighted by Crippen LogP contribution is 2.31. The fourth-order valence-electron chi connectivity index (χ4n) is 3.24. The maximum absolute atomic E-state index is 13.3. The van der Waals surface area contributed by atoms with Crippen molar-refractivity contribution in [3.05, 3.63) is 62.4 Å². The van der Waals surface area contributed by atoms with E-state index in [4.69, 9.17) is 0 Å². The first-order valence-electron chi connectivity index (χ1n) is 8.22. The summed E-state index contributed by atoms with van der Waals surface area (Å²) < 4.78 is 52.2. The van der Waals surface area contributed by atoms with Crippen LogP contribution >= 0.6 is 0 Å². The second-order valence-electron chi connectivity index (χ2n) is 6.37. The molecule has 146 valence electrons. The van der Waals surface area contributed by atoms with Crippen LogP contribution < -0.4 is 11.2 Å². The van der Waals surface area contributed by atoms with Crippen molar-refractivity contribution in [3.8, 4) is 0 Å². The molecule has 0 radical (unpaired) electrons. The molecule has 3 rings (SSSR count). The number of aromatic amines is 2. The minimum atomic E-state index is -4.36. The van der Waals surface area contributed by atoms with E-state index in [1.54, 1.807) is 30.3 Å². The smallest absolute Gasteiger partial charge is 0.310 e. The largest absolute Gasteiger partial charge is 0.325 e. The third kappa shape index (κ3) is 3.89. The summed E-state index contributed by atoms with van der Waals surface area (Å²) in [6.45, 7) is 1.26. The fourth-order valence-corrected chi connectivity index (χ4v) is 6.79. The van der Waals surface area contributed by atoms with Gasteiger partial charge < -0.3 is 4.98 Å². The van der Waals surface area contributed by atoms with Crippen molar-refractivity contribution < 1.29 is 16.8 Å². The fraction of sp³-hybridized carbons (Fsp3) is 0.375. The van der Waals surface area contributed by atoms with E-state index < -0.39 is 42.0 Å². The Morgan fingerprint density at radius 3 is 2.41 bits per heavy atom. The third-order valence-corrected chi connectivity index (χ3v) is 8.22. The molecule has 2 aromatic rings. The van der Waals surface area contributed by atoms with Crippen LogP contribution in [0, 0.1) is 6.92 Å². The topological polar surface area (TPSA) is 137 Å². The quantitative estimate of drug-likeness (QED) is 0.722. The second kappa shape index (κ2) is 7.06. The highest BCUT2D eigenvalue weighted by Gasteiger charge is 2.39. The molecule has 1 aromatic carbocycles. The standard InChI is InChI=1S/C16H19N3O6S2/c1-11-14(15(20)18-16(21)17-11)27(24,25)19-8-5-9-26(22,23)10-13(19)12-6-3-2-4-7-12/h2-4,6-7,13H,5,8-10H2,1H3,(H2,17,18,20,21). The van der Waals surface area contributed by atoms with Crippen molar-refractivity contribution in [2.75, 3.05) is 18.1 Å². The van der Waals surface area contributed by atoms with Gasteiger partial charge in [-0.2, -0.15) is 4.31 Å². The summed E-state index contributed by atoms with van der Waals surface area (Å²) in [4.78, 5) is 27.2. The van der Waals surface area contributed by atoms with Gasteiger partial charge in [-0.1, -0.05) is 30.3 Å². The Labute approximate surface area is 156 Å². The van der Waals surface area contributed by atoms with E-state index in [0.717, 1.165) is 4.31 Å². The first-order chi connectivity index (χ1) is 12.6. The van der Waals surface area contributed by atoms with E-state index in [0.29, 0.717) is 5.56 Å². The van der Waals surface area contributed by atoms with Crippen molar-refractivity contribution in [1.29, 1.82) is 0 Å². The summed E-state index contributed by atoms with van der Waals surface area (Å²) in [7, 11) is -7.82. The van der Waals surface area contributed by atoms with Crippen molar-refractivity contribution in [2.45, 2.75) is 24.3 Å². The summed E-state index contributed by atoms with van der Waals surface area (Å²) in [6.07, 6.45) is 0.116. The highest BCUT2D eigenvalue weighted by atomic mass is 32.2. The lowest BCUT2D eigenvalue weighted by Gasteiger charge is -2.29. The van der Waals surface area contributed by atoms with Crippen LogP contribution in [0.5, 0.6) is 0 Å². The van der Waals surface area contributed by atoms with Crippen LogP contribution in [0.2, 0.25) is 0 Å². The molecule has 0 spiro atoms. The van der Waals surface area contributed by atoms with Gasteiger partial charge in [-0.15, -0.1) is 0 Å². The molecule has 9 nitrogen and oxygen atoms in total. The molecule has 0 amide bonds. The lowest BCUT2D eigenvalue weighted by atomic mass is 10.1. The van der Waals surface area contributed by atoms with Gasteiger partial charge in [0.15, 0.2) is 14.7 Å². The number of hydrogen-bond acceptors (Lipinski definition) is 6. The second-order valence-corrected chi connectivity index (χ2v) is 10.4. The van der Waals surface area contributed by atoms with E-state index in [1.165, 1.54) is 6.92 Å². The van der Waals surface area contributed by atoms with Gasteiger partial charge in [0.2, 0.25) is 0 Å². The number of sulfone groups is 1. The molecule has 1 atom stereocenters. The van der Waals surface area contributed by atoms with Crippen molar-refractivity contribution >= 4 is 19.9 Å². The maximum Gasteiger partial charge on any atom is 0.325 e. The Hall–Kier alpha value is -2.24. The number of benzene rings is 1. The van der Waals surface area contributed by atoms with Gasteiger partial charge in [0.25, 0.3) is 15.6 Å². The Morgan fingerprint density at radius 1 is 1.11 bits per heavy atom. The lowest BCUT2D eigenvalue weighted by molar-refractivity contribution is 0.350. The van der Waals surface area contributed by atoms with Gasteiger partial charge in [-0.25, -0.2) is 21.6 Å². The molecule has 1 aliphatic heterocycles. The van der Waals surface area contributed by atoms with Gasteiger partial charge in [0.1, 0.15) is 0 Å². The van der Waals surface area contributed by atoms with Crippen LogP contribution in [-0.4, -0.2) is 49.2 Å². The molecule has 2 N–H and O–H groups in total. The summed E-state index contributed by atoms with van der Waals surface area (Å²) >= 11 is 0.